The van der Waals surface area contributed by atoms with Crippen LogP contribution in [0.15, 0.2) is 47.4 Å². The third kappa shape index (κ3) is 4.30. The molecule has 1 amide bonds. The smallest absolute Gasteiger partial charge is 0.243 e. The molecule has 2 aromatic carbocycles. The number of hydrogen-bond acceptors (Lipinski definition) is 3. The van der Waals surface area contributed by atoms with Crippen LogP contribution in [-0.4, -0.2) is 31.7 Å². The van der Waals surface area contributed by atoms with E-state index in [4.69, 9.17) is 0 Å². The van der Waals surface area contributed by atoms with Crippen LogP contribution in [0.1, 0.15) is 54.5 Å². The van der Waals surface area contributed by atoms with Gasteiger partial charge in [0.25, 0.3) is 0 Å². The average Bonchev–Trinajstić information content (AvgIpc) is 3.22. The van der Waals surface area contributed by atoms with E-state index in [0.717, 1.165) is 24.0 Å². The maximum atomic E-state index is 13.0. The Bertz CT molecular complexity index is 1030. The van der Waals surface area contributed by atoms with Crippen molar-refractivity contribution in [2.75, 3.05) is 13.1 Å². The van der Waals surface area contributed by atoms with Gasteiger partial charge in [-0.3, -0.25) is 4.79 Å². The van der Waals surface area contributed by atoms with Gasteiger partial charge < -0.3 is 5.32 Å². The molecule has 6 heteroatoms. The van der Waals surface area contributed by atoms with Crippen molar-refractivity contribution in [3.05, 3.63) is 64.7 Å². The van der Waals surface area contributed by atoms with Crippen molar-refractivity contribution in [1.82, 2.24) is 9.62 Å². The fourth-order valence-electron chi connectivity index (χ4n) is 4.51. The molecule has 2 aromatic rings. The minimum Gasteiger partial charge on any atom is -0.349 e. The standard InChI is InChI=1S/C24H30N2O3S/c1-17-8-12-23(13-9-17)30(28,29)26-14-4-7-22(16-26)24(27)25-18(2)20-11-10-19-5-3-6-21(19)15-20/h8-13,15,18,22H,3-7,14,16H2,1-2H3,(H,25,27)/t18-,22-/m1/s1. The Morgan fingerprint density at radius 3 is 2.57 bits per heavy atom. The first-order valence-corrected chi connectivity index (χ1v) is 12.3. The highest BCUT2D eigenvalue weighted by Gasteiger charge is 2.33. The van der Waals surface area contributed by atoms with Gasteiger partial charge in [0.05, 0.1) is 16.9 Å². The van der Waals surface area contributed by atoms with E-state index in [9.17, 15) is 13.2 Å². The molecule has 0 spiro atoms. The number of amides is 1. The van der Waals surface area contributed by atoms with Gasteiger partial charge in [0, 0.05) is 13.1 Å². The van der Waals surface area contributed by atoms with Crippen LogP contribution in [0.5, 0.6) is 0 Å². The topological polar surface area (TPSA) is 66.5 Å². The van der Waals surface area contributed by atoms with Crippen LogP contribution in [0.2, 0.25) is 0 Å². The Balaban J connectivity index is 1.42. The molecule has 0 radical (unpaired) electrons. The molecule has 0 aromatic heterocycles. The van der Waals surface area contributed by atoms with E-state index in [1.807, 2.05) is 13.8 Å². The highest BCUT2D eigenvalue weighted by Crippen LogP contribution is 2.27. The van der Waals surface area contributed by atoms with E-state index in [2.05, 4.69) is 23.5 Å². The lowest BCUT2D eigenvalue weighted by atomic mass is 9.97. The lowest BCUT2D eigenvalue weighted by molar-refractivity contribution is -0.126. The molecule has 30 heavy (non-hydrogen) atoms. The Hall–Kier alpha value is -2.18. The van der Waals surface area contributed by atoms with Crippen molar-refractivity contribution in [3.63, 3.8) is 0 Å². The van der Waals surface area contributed by atoms with Crippen LogP contribution in [0.4, 0.5) is 0 Å². The second-order valence-electron chi connectivity index (χ2n) is 8.63. The third-order valence-corrected chi connectivity index (χ3v) is 8.27. The Labute approximate surface area is 179 Å². The van der Waals surface area contributed by atoms with Crippen LogP contribution in [0.3, 0.4) is 0 Å². The number of fused-ring (bicyclic) bond motifs is 1. The van der Waals surface area contributed by atoms with Gasteiger partial charge in [-0.05, 0) is 74.8 Å². The normalized spacial score (nSPS) is 20.5. The van der Waals surface area contributed by atoms with Gasteiger partial charge in [0.2, 0.25) is 15.9 Å². The first kappa shape index (κ1) is 21.1. The molecule has 1 fully saturated rings. The van der Waals surface area contributed by atoms with Gasteiger partial charge in [0.15, 0.2) is 0 Å². The van der Waals surface area contributed by atoms with E-state index in [1.165, 1.54) is 21.9 Å². The average molecular weight is 427 g/mol. The minimum absolute atomic E-state index is 0.0631. The van der Waals surface area contributed by atoms with Gasteiger partial charge in [-0.25, -0.2) is 8.42 Å². The molecule has 5 nitrogen and oxygen atoms in total. The lowest BCUT2D eigenvalue weighted by Crippen LogP contribution is -2.45. The molecule has 1 heterocycles. The molecule has 1 saturated heterocycles. The number of sulfonamides is 1. The van der Waals surface area contributed by atoms with Crippen molar-refractivity contribution in [2.24, 2.45) is 5.92 Å². The van der Waals surface area contributed by atoms with Crippen molar-refractivity contribution in [2.45, 2.75) is 56.9 Å². The van der Waals surface area contributed by atoms with E-state index >= 15 is 0 Å². The maximum absolute atomic E-state index is 13.0. The first-order valence-electron chi connectivity index (χ1n) is 10.8. The molecule has 1 aliphatic heterocycles. The fourth-order valence-corrected chi connectivity index (χ4v) is 6.03. The summed E-state index contributed by atoms with van der Waals surface area (Å²) in [4.78, 5) is 13.2. The molecule has 2 aliphatic rings. The first-order chi connectivity index (χ1) is 14.3. The molecule has 4 rings (SSSR count). The van der Waals surface area contributed by atoms with E-state index < -0.39 is 10.0 Å². The van der Waals surface area contributed by atoms with Gasteiger partial charge in [-0.2, -0.15) is 4.31 Å². The van der Waals surface area contributed by atoms with Crippen molar-refractivity contribution < 1.29 is 13.2 Å². The van der Waals surface area contributed by atoms with Crippen LogP contribution in [0, 0.1) is 12.8 Å². The molecule has 1 aliphatic carbocycles. The number of nitrogens with one attached hydrogen (secondary N) is 1. The largest absolute Gasteiger partial charge is 0.349 e. The van der Waals surface area contributed by atoms with Crippen molar-refractivity contribution in [3.8, 4) is 0 Å². The highest BCUT2D eigenvalue weighted by molar-refractivity contribution is 7.89. The van der Waals surface area contributed by atoms with Gasteiger partial charge in [0.1, 0.15) is 0 Å². The van der Waals surface area contributed by atoms with Crippen molar-refractivity contribution in [1.29, 1.82) is 0 Å². The summed E-state index contributed by atoms with van der Waals surface area (Å²) in [5.74, 6) is -0.386. The number of rotatable bonds is 5. The minimum atomic E-state index is -3.58. The number of nitrogens with zero attached hydrogens (tertiary/aromatic N) is 1. The predicted molar refractivity (Wildman–Crippen MR) is 118 cm³/mol. The van der Waals surface area contributed by atoms with Gasteiger partial charge in [-0.1, -0.05) is 35.9 Å². The summed E-state index contributed by atoms with van der Waals surface area (Å²) in [7, 11) is -3.58. The molecule has 0 bridgehead atoms. The molecule has 2 atom stereocenters. The molecule has 160 valence electrons. The molecular formula is C24H30N2O3S. The molecule has 0 saturated carbocycles. The van der Waals surface area contributed by atoms with Crippen LogP contribution in [0.25, 0.3) is 0 Å². The summed E-state index contributed by atoms with van der Waals surface area (Å²) < 4.78 is 27.5. The Morgan fingerprint density at radius 1 is 1.07 bits per heavy atom. The number of benzene rings is 2. The molecular weight excluding hydrogens is 396 g/mol. The number of aryl methyl sites for hydroxylation is 3. The van der Waals surface area contributed by atoms with Crippen LogP contribution in [-0.2, 0) is 27.7 Å². The zero-order valence-electron chi connectivity index (χ0n) is 17.7. The van der Waals surface area contributed by atoms with Gasteiger partial charge >= 0.3 is 0 Å². The lowest BCUT2D eigenvalue weighted by Gasteiger charge is -2.32. The summed E-state index contributed by atoms with van der Waals surface area (Å²) in [6.45, 7) is 4.62. The highest BCUT2D eigenvalue weighted by atomic mass is 32.2. The number of hydrogen-bond donors (Lipinski definition) is 1. The zero-order valence-corrected chi connectivity index (χ0v) is 18.5. The maximum Gasteiger partial charge on any atom is 0.243 e. The second-order valence-corrected chi connectivity index (χ2v) is 10.6. The summed E-state index contributed by atoms with van der Waals surface area (Å²) in [6.07, 6.45) is 4.86. The number of carbonyl (C=O) groups is 1. The van der Waals surface area contributed by atoms with Crippen molar-refractivity contribution >= 4 is 15.9 Å². The van der Waals surface area contributed by atoms with Gasteiger partial charge in [-0.15, -0.1) is 0 Å². The molecule has 1 N–H and O–H groups in total. The third-order valence-electron chi connectivity index (χ3n) is 6.39. The molecule has 0 unspecified atom stereocenters. The quantitative estimate of drug-likeness (QED) is 0.792. The number of piperidine rings is 1. The monoisotopic (exact) mass is 426 g/mol. The van der Waals surface area contributed by atoms with E-state index in [1.54, 1.807) is 24.3 Å². The summed E-state index contributed by atoms with van der Waals surface area (Å²) in [5.41, 5.74) is 4.94. The summed E-state index contributed by atoms with van der Waals surface area (Å²) in [5, 5.41) is 3.12. The second kappa shape index (κ2) is 8.52. The zero-order chi connectivity index (χ0) is 21.3. The van der Waals surface area contributed by atoms with E-state index in [0.29, 0.717) is 24.3 Å². The summed E-state index contributed by atoms with van der Waals surface area (Å²) in [6, 6.07) is 13.3. The van der Waals surface area contributed by atoms with Crippen LogP contribution < -0.4 is 5.32 Å². The summed E-state index contributed by atoms with van der Waals surface area (Å²) >= 11 is 0. The predicted octanol–water partition coefficient (Wildman–Crippen LogP) is 3.76. The fraction of sp³-hybridized carbons (Fsp3) is 0.458. The Kier molecular flexibility index (Phi) is 5.98. The van der Waals surface area contributed by atoms with Crippen LogP contribution >= 0.6 is 0 Å². The van der Waals surface area contributed by atoms with E-state index in [-0.39, 0.29) is 24.4 Å². The Morgan fingerprint density at radius 2 is 1.80 bits per heavy atom. The SMILES string of the molecule is Cc1ccc(S(=O)(=O)N2CCC[C@@H](C(=O)N[C@H](C)c3ccc4c(c3)CCC4)C2)cc1. The number of carbonyl (C=O) groups excluding carboxylic acids is 1.